The minimum atomic E-state index is -4.37. The lowest BCUT2D eigenvalue weighted by molar-refractivity contribution is -0.137. The predicted molar refractivity (Wildman–Crippen MR) is 87.1 cm³/mol. The SMILES string of the molecule is FC(F)(F)c1ccc(Cl)c([C@H](c2ccsc2)N2CCNCC2)c1. The maximum absolute atomic E-state index is 13.1. The summed E-state index contributed by atoms with van der Waals surface area (Å²) >= 11 is 7.81. The van der Waals surface area contributed by atoms with Crippen LogP contribution in [0.15, 0.2) is 35.0 Å². The Bertz CT molecular complexity index is 652. The molecule has 23 heavy (non-hydrogen) atoms. The van der Waals surface area contributed by atoms with E-state index in [1.54, 1.807) is 0 Å². The minimum Gasteiger partial charge on any atom is -0.314 e. The van der Waals surface area contributed by atoms with Crippen molar-refractivity contribution in [2.24, 2.45) is 0 Å². The summed E-state index contributed by atoms with van der Waals surface area (Å²) in [5.74, 6) is 0. The van der Waals surface area contributed by atoms with Gasteiger partial charge in [-0.05, 0) is 46.2 Å². The van der Waals surface area contributed by atoms with E-state index in [0.29, 0.717) is 10.6 Å². The molecule has 0 amide bonds. The number of halogens is 4. The average molecular weight is 361 g/mol. The fourth-order valence-corrected chi connectivity index (χ4v) is 3.79. The lowest BCUT2D eigenvalue weighted by Gasteiger charge is -2.35. The van der Waals surface area contributed by atoms with E-state index in [2.05, 4.69) is 10.2 Å². The van der Waals surface area contributed by atoms with Gasteiger partial charge in [0, 0.05) is 31.2 Å². The second-order valence-corrected chi connectivity index (χ2v) is 6.67. The molecule has 0 bridgehead atoms. The van der Waals surface area contributed by atoms with Crippen LogP contribution >= 0.6 is 22.9 Å². The fourth-order valence-electron chi connectivity index (χ4n) is 2.89. The van der Waals surface area contributed by atoms with Gasteiger partial charge >= 0.3 is 6.18 Å². The van der Waals surface area contributed by atoms with Crippen LogP contribution < -0.4 is 5.32 Å². The van der Waals surface area contributed by atoms with Crippen LogP contribution in [0.4, 0.5) is 13.2 Å². The van der Waals surface area contributed by atoms with Crippen molar-refractivity contribution in [1.82, 2.24) is 10.2 Å². The van der Waals surface area contributed by atoms with Crippen LogP contribution in [0, 0.1) is 0 Å². The number of nitrogens with zero attached hydrogens (tertiary/aromatic N) is 1. The topological polar surface area (TPSA) is 15.3 Å². The lowest BCUT2D eigenvalue weighted by Crippen LogP contribution is -2.45. The molecular weight excluding hydrogens is 345 g/mol. The average Bonchev–Trinajstić information content (AvgIpc) is 3.03. The molecule has 2 heterocycles. The molecule has 1 aromatic carbocycles. The van der Waals surface area contributed by atoms with E-state index in [4.69, 9.17) is 11.6 Å². The standard InChI is InChI=1S/C16H16ClF3N2S/c17-14-2-1-12(16(18,19)20)9-13(14)15(11-3-8-23-10-11)22-6-4-21-5-7-22/h1-3,8-10,15,21H,4-7H2/t15-/m0/s1. The quantitative estimate of drug-likeness (QED) is 0.872. The molecule has 0 aliphatic carbocycles. The highest BCUT2D eigenvalue weighted by molar-refractivity contribution is 7.08. The molecule has 2 aromatic rings. The van der Waals surface area contributed by atoms with E-state index in [-0.39, 0.29) is 6.04 Å². The predicted octanol–water partition coefficient (Wildman–Crippen LogP) is 4.41. The van der Waals surface area contributed by atoms with Gasteiger partial charge in [0.05, 0.1) is 11.6 Å². The molecular formula is C16H16ClF3N2S. The van der Waals surface area contributed by atoms with Crippen molar-refractivity contribution in [1.29, 1.82) is 0 Å². The van der Waals surface area contributed by atoms with Crippen molar-refractivity contribution in [3.8, 4) is 0 Å². The van der Waals surface area contributed by atoms with E-state index in [0.717, 1.165) is 37.8 Å². The van der Waals surface area contributed by atoms with Gasteiger partial charge < -0.3 is 5.32 Å². The first-order valence-corrected chi connectivity index (χ1v) is 8.62. The molecule has 0 saturated carbocycles. The molecule has 3 rings (SSSR count). The molecule has 124 valence electrons. The zero-order chi connectivity index (χ0) is 16.4. The largest absolute Gasteiger partial charge is 0.416 e. The molecule has 1 aliphatic heterocycles. The van der Waals surface area contributed by atoms with Crippen LogP contribution in [-0.4, -0.2) is 31.1 Å². The van der Waals surface area contributed by atoms with Crippen LogP contribution in [0.5, 0.6) is 0 Å². The normalized spacial score (nSPS) is 18.1. The van der Waals surface area contributed by atoms with Crippen molar-refractivity contribution in [3.63, 3.8) is 0 Å². The minimum absolute atomic E-state index is 0.252. The summed E-state index contributed by atoms with van der Waals surface area (Å²) < 4.78 is 39.2. The molecule has 1 aromatic heterocycles. The maximum Gasteiger partial charge on any atom is 0.416 e. The second-order valence-electron chi connectivity index (χ2n) is 5.48. The van der Waals surface area contributed by atoms with Gasteiger partial charge in [0.25, 0.3) is 0 Å². The van der Waals surface area contributed by atoms with Crippen molar-refractivity contribution >= 4 is 22.9 Å². The van der Waals surface area contributed by atoms with E-state index in [1.165, 1.54) is 23.5 Å². The number of hydrogen-bond donors (Lipinski definition) is 1. The summed E-state index contributed by atoms with van der Waals surface area (Å²) in [6.07, 6.45) is -4.37. The summed E-state index contributed by atoms with van der Waals surface area (Å²) in [4.78, 5) is 2.18. The fraction of sp³-hybridized carbons (Fsp3) is 0.375. The molecule has 2 nitrogen and oxygen atoms in total. The monoisotopic (exact) mass is 360 g/mol. The smallest absolute Gasteiger partial charge is 0.314 e. The van der Waals surface area contributed by atoms with Gasteiger partial charge in [-0.2, -0.15) is 24.5 Å². The molecule has 1 saturated heterocycles. The molecule has 1 N–H and O–H groups in total. The summed E-state index contributed by atoms with van der Waals surface area (Å²) in [5, 5.41) is 7.54. The van der Waals surface area contributed by atoms with Gasteiger partial charge in [-0.3, -0.25) is 4.90 Å². The van der Waals surface area contributed by atoms with Gasteiger partial charge in [-0.25, -0.2) is 0 Å². The summed E-state index contributed by atoms with van der Waals surface area (Å²) in [7, 11) is 0. The third-order valence-electron chi connectivity index (χ3n) is 3.99. The van der Waals surface area contributed by atoms with Gasteiger partial charge in [0.15, 0.2) is 0 Å². The second kappa shape index (κ2) is 6.81. The maximum atomic E-state index is 13.1. The van der Waals surface area contributed by atoms with Crippen LogP contribution in [-0.2, 0) is 6.18 Å². The van der Waals surface area contributed by atoms with E-state index in [1.807, 2.05) is 16.8 Å². The van der Waals surface area contributed by atoms with Crippen LogP contribution in [0.3, 0.4) is 0 Å². The van der Waals surface area contributed by atoms with Crippen LogP contribution in [0.25, 0.3) is 0 Å². The molecule has 0 spiro atoms. The highest BCUT2D eigenvalue weighted by Crippen LogP contribution is 2.38. The highest BCUT2D eigenvalue weighted by atomic mass is 35.5. The number of piperazine rings is 1. The van der Waals surface area contributed by atoms with Crippen LogP contribution in [0.2, 0.25) is 5.02 Å². The summed E-state index contributed by atoms with van der Waals surface area (Å²) in [5.41, 5.74) is 0.840. The summed E-state index contributed by atoms with van der Waals surface area (Å²) in [6, 6.07) is 5.27. The Morgan fingerprint density at radius 3 is 2.52 bits per heavy atom. The Morgan fingerprint density at radius 2 is 1.91 bits per heavy atom. The third kappa shape index (κ3) is 3.71. The van der Waals surface area contributed by atoms with E-state index in [9.17, 15) is 13.2 Å². The Hall–Kier alpha value is -1.08. The summed E-state index contributed by atoms with van der Waals surface area (Å²) in [6.45, 7) is 3.18. The van der Waals surface area contributed by atoms with Gasteiger partial charge in [-0.1, -0.05) is 11.6 Å². The van der Waals surface area contributed by atoms with E-state index >= 15 is 0 Å². The molecule has 7 heteroatoms. The van der Waals surface area contributed by atoms with Crippen molar-refractivity contribution < 1.29 is 13.2 Å². The number of alkyl halides is 3. The van der Waals surface area contributed by atoms with Gasteiger partial charge in [0.1, 0.15) is 0 Å². The van der Waals surface area contributed by atoms with Crippen molar-refractivity contribution in [2.45, 2.75) is 12.2 Å². The Kier molecular flexibility index (Phi) is 4.96. The van der Waals surface area contributed by atoms with Crippen molar-refractivity contribution in [3.05, 3.63) is 56.7 Å². The molecule has 1 atom stereocenters. The molecule has 0 radical (unpaired) electrons. The molecule has 0 unspecified atom stereocenters. The number of rotatable bonds is 3. The number of hydrogen-bond acceptors (Lipinski definition) is 3. The highest BCUT2D eigenvalue weighted by Gasteiger charge is 2.33. The van der Waals surface area contributed by atoms with Gasteiger partial charge in [-0.15, -0.1) is 0 Å². The third-order valence-corrected chi connectivity index (χ3v) is 5.04. The first kappa shape index (κ1) is 16.8. The number of nitrogens with one attached hydrogen (secondary N) is 1. The molecule has 1 aliphatic rings. The Labute approximate surface area is 141 Å². The van der Waals surface area contributed by atoms with Gasteiger partial charge in [0.2, 0.25) is 0 Å². The lowest BCUT2D eigenvalue weighted by atomic mass is 9.96. The Balaban J connectivity index is 2.06. The van der Waals surface area contributed by atoms with Crippen LogP contribution in [0.1, 0.15) is 22.7 Å². The zero-order valence-electron chi connectivity index (χ0n) is 12.2. The number of thiophene rings is 1. The molecule has 1 fully saturated rings. The number of benzene rings is 1. The zero-order valence-corrected chi connectivity index (χ0v) is 13.8. The Morgan fingerprint density at radius 1 is 1.17 bits per heavy atom. The first-order chi connectivity index (χ1) is 11.0. The first-order valence-electron chi connectivity index (χ1n) is 7.30. The van der Waals surface area contributed by atoms with Crippen molar-refractivity contribution in [2.75, 3.05) is 26.2 Å². The van der Waals surface area contributed by atoms with E-state index < -0.39 is 11.7 Å².